The lowest BCUT2D eigenvalue weighted by Crippen LogP contribution is -2.42. The molecule has 1 amide bonds. The quantitative estimate of drug-likeness (QED) is 0.619. The van der Waals surface area contributed by atoms with E-state index in [0.29, 0.717) is 19.2 Å². The molecule has 0 radical (unpaired) electrons. The fourth-order valence-electron chi connectivity index (χ4n) is 3.69. The number of aliphatic carboxylic acids is 1. The average molecular weight is 356 g/mol. The van der Waals surface area contributed by atoms with Gasteiger partial charge in [0.25, 0.3) is 0 Å². The van der Waals surface area contributed by atoms with Crippen molar-refractivity contribution in [3.8, 4) is 0 Å². The van der Waals surface area contributed by atoms with E-state index in [0.717, 1.165) is 4.90 Å². The second-order valence-electron chi connectivity index (χ2n) is 7.89. The number of likely N-dealkylation sites (tertiary alicyclic amines) is 1. The Bertz CT molecular complexity index is 511. The maximum atomic E-state index is 11.6. The maximum absolute atomic E-state index is 11.6. The first-order valence-electron chi connectivity index (χ1n) is 8.75. The van der Waals surface area contributed by atoms with Gasteiger partial charge in [-0.05, 0) is 47.5 Å². The van der Waals surface area contributed by atoms with Gasteiger partial charge in [0.2, 0.25) is 0 Å². The van der Waals surface area contributed by atoms with Crippen molar-refractivity contribution in [2.75, 3.05) is 13.6 Å². The van der Waals surface area contributed by atoms with Gasteiger partial charge in [0, 0.05) is 18.5 Å². The Labute approximate surface area is 149 Å². The first-order valence-corrected chi connectivity index (χ1v) is 8.75. The van der Waals surface area contributed by atoms with Crippen LogP contribution in [0.2, 0.25) is 6.32 Å². The van der Waals surface area contributed by atoms with E-state index < -0.39 is 18.1 Å². The van der Waals surface area contributed by atoms with Gasteiger partial charge >= 0.3 is 19.2 Å². The Morgan fingerprint density at radius 1 is 1.20 bits per heavy atom. The molecule has 0 unspecified atom stereocenters. The molecule has 2 aliphatic heterocycles. The molecule has 2 rings (SSSR count). The summed E-state index contributed by atoms with van der Waals surface area (Å²) in [5, 5.41) is 21.8. The lowest BCUT2D eigenvalue weighted by Gasteiger charge is -2.32. The summed E-state index contributed by atoms with van der Waals surface area (Å²) in [5.41, 5.74) is -0.773. The fraction of sp³-hybridized carbons (Fsp3) is 0.875. The number of carboxylic acids is 1. The smallest absolute Gasteiger partial charge is 0.457 e. The number of carboxylic acid groups (broad SMARTS) is 2. The number of nitrogens with zero attached hydrogens (tertiary/aromatic N) is 1. The summed E-state index contributed by atoms with van der Waals surface area (Å²) in [6.45, 7) is 8.15. The van der Waals surface area contributed by atoms with Gasteiger partial charge in [0.05, 0.1) is 11.2 Å². The molecule has 0 aliphatic carbocycles. The summed E-state index contributed by atoms with van der Waals surface area (Å²) in [6, 6.07) is -1.19. The normalized spacial score (nSPS) is 30.7. The minimum atomic E-state index is -1.19. The van der Waals surface area contributed by atoms with E-state index in [1.54, 1.807) is 7.05 Å². The molecule has 2 fully saturated rings. The standard InChI is InChI=1S/C16H29BN2O6/c1-15(2)16(3,4)25-17(24-15)8-6-7-10-11(18-5)9-19(14(22)23)12(10)13(20)21/h10-12,18H,6-9H2,1-5H3,(H,20,21)(H,22,23)/t10-,11+,12+/m1/s1. The molecule has 3 atom stereocenters. The predicted molar refractivity (Wildman–Crippen MR) is 92.6 cm³/mol. The van der Waals surface area contributed by atoms with Crippen molar-refractivity contribution in [2.24, 2.45) is 5.92 Å². The van der Waals surface area contributed by atoms with E-state index in [-0.39, 0.29) is 36.8 Å². The van der Waals surface area contributed by atoms with Crippen LogP contribution in [-0.2, 0) is 14.1 Å². The monoisotopic (exact) mass is 356 g/mol. The van der Waals surface area contributed by atoms with Gasteiger partial charge < -0.3 is 24.8 Å². The highest BCUT2D eigenvalue weighted by Crippen LogP contribution is 2.38. The number of amides is 1. The summed E-state index contributed by atoms with van der Waals surface area (Å²) in [7, 11) is 1.41. The van der Waals surface area contributed by atoms with Crippen LogP contribution in [0, 0.1) is 5.92 Å². The van der Waals surface area contributed by atoms with Gasteiger partial charge in [-0.25, -0.2) is 9.59 Å². The fourth-order valence-corrected chi connectivity index (χ4v) is 3.69. The van der Waals surface area contributed by atoms with E-state index in [4.69, 9.17) is 9.31 Å². The van der Waals surface area contributed by atoms with Crippen molar-refractivity contribution in [3.63, 3.8) is 0 Å². The molecule has 3 N–H and O–H groups in total. The van der Waals surface area contributed by atoms with E-state index >= 15 is 0 Å². The van der Waals surface area contributed by atoms with E-state index in [2.05, 4.69) is 5.32 Å². The number of likely N-dealkylation sites (N-methyl/N-ethyl adjacent to an activating group) is 1. The summed E-state index contributed by atoms with van der Waals surface area (Å²) in [6.07, 6.45) is 0.757. The molecule has 2 heterocycles. The lowest BCUT2D eigenvalue weighted by molar-refractivity contribution is -0.143. The molecule has 0 aromatic carbocycles. The van der Waals surface area contributed by atoms with Crippen molar-refractivity contribution in [3.05, 3.63) is 0 Å². The molecule has 0 bridgehead atoms. The first-order chi connectivity index (χ1) is 11.5. The highest BCUT2D eigenvalue weighted by atomic mass is 16.7. The van der Waals surface area contributed by atoms with E-state index in [1.165, 1.54) is 0 Å². The first kappa shape index (κ1) is 20.0. The van der Waals surface area contributed by atoms with Gasteiger partial charge in [-0.15, -0.1) is 0 Å². The van der Waals surface area contributed by atoms with Crippen LogP contribution in [0.3, 0.4) is 0 Å². The summed E-state index contributed by atoms with van der Waals surface area (Å²) >= 11 is 0. The topological polar surface area (TPSA) is 108 Å². The molecule has 0 spiro atoms. The van der Waals surface area contributed by atoms with Crippen molar-refractivity contribution in [2.45, 2.75) is 70.1 Å². The molecule has 2 saturated heterocycles. The Balaban J connectivity index is 1.96. The lowest BCUT2D eigenvalue weighted by atomic mass is 9.79. The Morgan fingerprint density at radius 3 is 2.20 bits per heavy atom. The van der Waals surface area contributed by atoms with Crippen LogP contribution >= 0.6 is 0 Å². The highest BCUT2D eigenvalue weighted by molar-refractivity contribution is 6.45. The zero-order valence-electron chi connectivity index (χ0n) is 15.6. The number of nitrogens with one attached hydrogen (secondary N) is 1. The maximum Gasteiger partial charge on any atom is 0.457 e. The van der Waals surface area contributed by atoms with Gasteiger partial charge in [-0.2, -0.15) is 0 Å². The van der Waals surface area contributed by atoms with Gasteiger partial charge in [-0.1, -0.05) is 6.42 Å². The number of hydrogen-bond donors (Lipinski definition) is 3. The third-order valence-electron chi connectivity index (χ3n) is 5.80. The summed E-state index contributed by atoms with van der Waals surface area (Å²) in [4.78, 5) is 24.0. The molecular formula is C16H29BN2O6. The number of hydrogen-bond acceptors (Lipinski definition) is 5. The molecule has 8 nitrogen and oxygen atoms in total. The minimum absolute atomic E-state index is 0.171. The van der Waals surface area contributed by atoms with Crippen LogP contribution in [0.5, 0.6) is 0 Å². The number of rotatable bonds is 6. The van der Waals surface area contributed by atoms with Crippen LogP contribution in [0.1, 0.15) is 40.5 Å². The third kappa shape index (κ3) is 3.93. The second-order valence-corrected chi connectivity index (χ2v) is 7.89. The average Bonchev–Trinajstić information content (AvgIpc) is 2.94. The molecule has 25 heavy (non-hydrogen) atoms. The molecular weight excluding hydrogens is 327 g/mol. The molecule has 0 aromatic rings. The van der Waals surface area contributed by atoms with Crippen LogP contribution in [0.25, 0.3) is 0 Å². The van der Waals surface area contributed by atoms with Gasteiger partial charge in [0.1, 0.15) is 6.04 Å². The van der Waals surface area contributed by atoms with Gasteiger partial charge in [0.15, 0.2) is 0 Å². The third-order valence-corrected chi connectivity index (χ3v) is 5.80. The Hall–Kier alpha value is -1.32. The molecule has 2 aliphatic rings. The van der Waals surface area contributed by atoms with Crippen molar-refractivity contribution in [1.29, 1.82) is 0 Å². The zero-order valence-corrected chi connectivity index (χ0v) is 15.6. The number of carbonyl (C=O) groups is 2. The summed E-state index contributed by atoms with van der Waals surface area (Å²) in [5.74, 6) is -1.37. The second kappa shape index (κ2) is 7.13. The van der Waals surface area contributed by atoms with Crippen LogP contribution in [0.15, 0.2) is 0 Å². The Kier molecular flexibility index (Phi) is 5.70. The van der Waals surface area contributed by atoms with Crippen molar-refractivity contribution in [1.82, 2.24) is 10.2 Å². The van der Waals surface area contributed by atoms with Crippen molar-refractivity contribution >= 4 is 19.2 Å². The Morgan fingerprint density at radius 2 is 1.76 bits per heavy atom. The van der Waals surface area contributed by atoms with Crippen LogP contribution < -0.4 is 5.32 Å². The zero-order chi connectivity index (χ0) is 19.0. The van der Waals surface area contributed by atoms with E-state index in [1.807, 2.05) is 27.7 Å². The summed E-state index contributed by atoms with van der Waals surface area (Å²) < 4.78 is 11.9. The molecule has 0 saturated carbocycles. The largest absolute Gasteiger partial charge is 0.480 e. The molecule has 142 valence electrons. The minimum Gasteiger partial charge on any atom is -0.480 e. The van der Waals surface area contributed by atoms with Crippen molar-refractivity contribution < 1.29 is 29.1 Å². The SMILES string of the molecule is CN[C@H]1CN(C(=O)O)[C@H](C(=O)O)[C@@H]1CCCB1OC(C)(C)C(C)(C)O1. The highest BCUT2D eigenvalue weighted by Gasteiger charge is 2.51. The van der Waals surface area contributed by atoms with Gasteiger partial charge in [-0.3, -0.25) is 4.90 Å². The predicted octanol–water partition coefficient (Wildman–Crippen LogP) is 1.51. The molecule has 0 aromatic heterocycles. The van der Waals surface area contributed by atoms with E-state index in [9.17, 15) is 19.8 Å². The van der Waals surface area contributed by atoms with Crippen LogP contribution in [-0.4, -0.2) is 71.2 Å². The molecule has 9 heteroatoms. The van der Waals surface area contributed by atoms with Crippen LogP contribution in [0.4, 0.5) is 4.79 Å².